The van der Waals surface area contributed by atoms with Gasteiger partial charge in [-0.25, -0.2) is 9.18 Å². The molecule has 132 valence electrons. The minimum Gasteiger partial charge on any atom is -0.482 e. The molecule has 0 saturated heterocycles. The summed E-state index contributed by atoms with van der Waals surface area (Å²) >= 11 is 5.90. The summed E-state index contributed by atoms with van der Waals surface area (Å²) in [7, 11) is 0. The van der Waals surface area contributed by atoms with Crippen molar-refractivity contribution in [1.82, 2.24) is 0 Å². The SMILES string of the molecule is O=C(O)COc1ccc(-c2ccc(F)c(Cl)c2)cc1C1CCCCC1. The maximum atomic E-state index is 13.4. The Bertz CT molecular complexity index is 770. The zero-order chi connectivity index (χ0) is 17.8. The van der Waals surface area contributed by atoms with E-state index in [1.165, 1.54) is 12.5 Å². The maximum absolute atomic E-state index is 13.4. The van der Waals surface area contributed by atoms with Crippen LogP contribution in [-0.2, 0) is 4.79 Å². The third kappa shape index (κ3) is 4.31. The lowest BCUT2D eigenvalue weighted by atomic mass is 9.82. The van der Waals surface area contributed by atoms with Crippen molar-refractivity contribution in [2.24, 2.45) is 0 Å². The van der Waals surface area contributed by atoms with E-state index in [4.69, 9.17) is 21.4 Å². The first kappa shape index (κ1) is 17.7. The predicted octanol–water partition coefficient (Wildman–Crippen LogP) is 5.66. The van der Waals surface area contributed by atoms with Crippen LogP contribution in [0.3, 0.4) is 0 Å². The monoisotopic (exact) mass is 362 g/mol. The van der Waals surface area contributed by atoms with Crippen LogP contribution in [0.5, 0.6) is 5.75 Å². The van der Waals surface area contributed by atoms with Crippen LogP contribution in [0.25, 0.3) is 11.1 Å². The molecule has 0 amide bonds. The molecule has 3 rings (SSSR count). The molecule has 1 aliphatic rings. The van der Waals surface area contributed by atoms with Crippen LogP contribution in [0.4, 0.5) is 4.39 Å². The van der Waals surface area contributed by atoms with Gasteiger partial charge in [0.1, 0.15) is 11.6 Å². The van der Waals surface area contributed by atoms with Crippen molar-refractivity contribution in [2.45, 2.75) is 38.0 Å². The summed E-state index contributed by atoms with van der Waals surface area (Å²) < 4.78 is 18.9. The van der Waals surface area contributed by atoms with E-state index in [2.05, 4.69) is 0 Å². The summed E-state index contributed by atoms with van der Waals surface area (Å²) in [4.78, 5) is 10.8. The van der Waals surface area contributed by atoms with Gasteiger partial charge in [-0.2, -0.15) is 0 Å². The van der Waals surface area contributed by atoms with Gasteiger partial charge in [0.15, 0.2) is 6.61 Å². The van der Waals surface area contributed by atoms with Crippen molar-refractivity contribution in [3.05, 3.63) is 52.8 Å². The fraction of sp³-hybridized carbons (Fsp3) is 0.350. The molecule has 25 heavy (non-hydrogen) atoms. The van der Waals surface area contributed by atoms with Gasteiger partial charge >= 0.3 is 5.97 Å². The van der Waals surface area contributed by atoms with Crippen LogP contribution in [0.15, 0.2) is 36.4 Å². The van der Waals surface area contributed by atoms with Gasteiger partial charge in [0.25, 0.3) is 0 Å². The second kappa shape index (κ2) is 7.87. The van der Waals surface area contributed by atoms with Crippen LogP contribution in [0.2, 0.25) is 5.02 Å². The quantitative estimate of drug-likeness (QED) is 0.746. The van der Waals surface area contributed by atoms with Gasteiger partial charge < -0.3 is 9.84 Å². The van der Waals surface area contributed by atoms with Crippen molar-refractivity contribution in [3.63, 3.8) is 0 Å². The van der Waals surface area contributed by atoms with E-state index in [9.17, 15) is 9.18 Å². The molecule has 1 fully saturated rings. The van der Waals surface area contributed by atoms with Gasteiger partial charge in [0, 0.05) is 0 Å². The van der Waals surface area contributed by atoms with Gasteiger partial charge in [0.05, 0.1) is 5.02 Å². The van der Waals surface area contributed by atoms with Crippen molar-refractivity contribution in [1.29, 1.82) is 0 Å². The van der Waals surface area contributed by atoms with E-state index in [0.717, 1.165) is 42.4 Å². The second-order valence-electron chi connectivity index (χ2n) is 6.40. The van der Waals surface area contributed by atoms with Gasteiger partial charge in [-0.15, -0.1) is 0 Å². The van der Waals surface area contributed by atoms with Gasteiger partial charge in [-0.05, 0) is 59.7 Å². The zero-order valence-corrected chi connectivity index (χ0v) is 14.6. The first-order valence-corrected chi connectivity index (χ1v) is 8.86. The number of ether oxygens (including phenoxy) is 1. The van der Waals surface area contributed by atoms with Crippen LogP contribution >= 0.6 is 11.6 Å². The van der Waals surface area contributed by atoms with Gasteiger partial charge in [-0.1, -0.05) is 43.0 Å². The molecule has 1 N–H and O–H groups in total. The number of aliphatic carboxylic acids is 1. The predicted molar refractivity (Wildman–Crippen MR) is 95.8 cm³/mol. The Labute approximate surface area is 151 Å². The molecule has 0 heterocycles. The number of rotatable bonds is 5. The number of hydrogen-bond acceptors (Lipinski definition) is 2. The molecule has 0 atom stereocenters. The Kier molecular flexibility index (Phi) is 5.59. The molecule has 1 aliphatic carbocycles. The molecule has 1 saturated carbocycles. The molecule has 0 aromatic heterocycles. The summed E-state index contributed by atoms with van der Waals surface area (Å²) in [6, 6.07) is 10.3. The fourth-order valence-electron chi connectivity index (χ4n) is 3.41. The largest absolute Gasteiger partial charge is 0.482 e. The Morgan fingerprint density at radius 2 is 1.80 bits per heavy atom. The topological polar surface area (TPSA) is 46.5 Å². The van der Waals surface area contributed by atoms with E-state index in [0.29, 0.717) is 11.7 Å². The fourth-order valence-corrected chi connectivity index (χ4v) is 3.59. The lowest BCUT2D eigenvalue weighted by Crippen LogP contribution is -2.12. The Balaban J connectivity index is 1.97. The van der Waals surface area contributed by atoms with Crippen LogP contribution in [0, 0.1) is 5.82 Å². The third-order valence-corrected chi connectivity index (χ3v) is 4.95. The standard InChI is InChI=1S/C20H20ClFO3/c21-17-11-15(6-8-18(17)22)14-7-9-19(25-12-20(23)24)16(10-14)13-4-2-1-3-5-13/h6-11,13H,1-5,12H2,(H,23,24). The van der Waals surface area contributed by atoms with Crippen molar-refractivity contribution < 1.29 is 19.0 Å². The molecule has 3 nitrogen and oxygen atoms in total. The number of halogens is 2. The Morgan fingerprint density at radius 1 is 1.12 bits per heavy atom. The summed E-state index contributed by atoms with van der Waals surface area (Å²) in [5.41, 5.74) is 2.78. The third-order valence-electron chi connectivity index (χ3n) is 4.66. The van der Waals surface area contributed by atoms with Gasteiger partial charge in [0.2, 0.25) is 0 Å². The van der Waals surface area contributed by atoms with E-state index in [1.807, 2.05) is 12.1 Å². The normalized spacial score (nSPS) is 15.1. The minimum atomic E-state index is -0.996. The van der Waals surface area contributed by atoms with E-state index in [-0.39, 0.29) is 11.6 Å². The highest BCUT2D eigenvalue weighted by atomic mass is 35.5. The molecule has 2 aromatic rings. The lowest BCUT2D eigenvalue weighted by Gasteiger charge is -2.24. The first-order valence-electron chi connectivity index (χ1n) is 8.48. The molecular formula is C20H20ClFO3. The minimum absolute atomic E-state index is 0.0860. The van der Waals surface area contributed by atoms with Crippen molar-refractivity contribution in [3.8, 4) is 16.9 Å². The molecule has 0 unspecified atom stereocenters. The van der Waals surface area contributed by atoms with Crippen LogP contribution in [-0.4, -0.2) is 17.7 Å². The number of carboxylic acid groups (broad SMARTS) is 1. The number of carboxylic acids is 1. The summed E-state index contributed by atoms with van der Waals surface area (Å²) in [5.74, 6) is -0.469. The molecule has 0 bridgehead atoms. The summed E-state index contributed by atoms with van der Waals surface area (Å²) in [6.45, 7) is -0.360. The van der Waals surface area contributed by atoms with E-state index < -0.39 is 11.8 Å². The summed E-state index contributed by atoms with van der Waals surface area (Å²) in [6.07, 6.45) is 5.69. The van der Waals surface area contributed by atoms with Crippen molar-refractivity contribution >= 4 is 17.6 Å². The van der Waals surface area contributed by atoms with Crippen LogP contribution < -0.4 is 4.74 Å². The Morgan fingerprint density at radius 3 is 2.48 bits per heavy atom. The van der Waals surface area contributed by atoms with Gasteiger partial charge in [-0.3, -0.25) is 0 Å². The molecular weight excluding hydrogens is 343 g/mol. The highest BCUT2D eigenvalue weighted by molar-refractivity contribution is 6.31. The average Bonchev–Trinajstić information content (AvgIpc) is 2.63. The Hall–Kier alpha value is -2.07. The maximum Gasteiger partial charge on any atom is 0.341 e. The molecule has 2 aromatic carbocycles. The number of hydrogen-bond donors (Lipinski definition) is 1. The molecule has 0 spiro atoms. The number of benzene rings is 2. The smallest absolute Gasteiger partial charge is 0.341 e. The van der Waals surface area contributed by atoms with Crippen molar-refractivity contribution in [2.75, 3.05) is 6.61 Å². The molecule has 5 heteroatoms. The van der Waals surface area contributed by atoms with Crippen LogP contribution in [0.1, 0.15) is 43.6 Å². The van der Waals surface area contributed by atoms with E-state index >= 15 is 0 Å². The lowest BCUT2D eigenvalue weighted by molar-refractivity contribution is -0.139. The second-order valence-corrected chi connectivity index (χ2v) is 6.81. The van der Waals surface area contributed by atoms with E-state index in [1.54, 1.807) is 18.2 Å². The first-order chi connectivity index (χ1) is 12.0. The highest BCUT2D eigenvalue weighted by Crippen LogP contribution is 2.40. The molecule has 0 aliphatic heterocycles. The summed E-state index contributed by atoms with van der Waals surface area (Å²) in [5, 5.41) is 8.98. The molecule has 0 radical (unpaired) electrons. The highest BCUT2D eigenvalue weighted by Gasteiger charge is 2.20. The zero-order valence-electron chi connectivity index (χ0n) is 13.8. The number of carbonyl (C=O) groups is 1. The average molecular weight is 363 g/mol.